The van der Waals surface area contributed by atoms with Crippen molar-refractivity contribution in [3.63, 3.8) is 0 Å². The lowest BCUT2D eigenvalue weighted by Gasteiger charge is -2.31. The van der Waals surface area contributed by atoms with Gasteiger partial charge in [-0.05, 0) is 0 Å². The lowest BCUT2D eigenvalue weighted by molar-refractivity contribution is -0.0526. The quantitative estimate of drug-likeness (QED) is 0.340. The van der Waals surface area contributed by atoms with Gasteiger partial charge in [0.05, 0.1) is 12.6 Å². The summed E-state index contributed by atoms with van der Waals surface area (Å²) in [4.78, 5) is 0. The van der Waals surface area contributed by atoms with E-state index in [0.717, 1.165) is 6.08 Å². The molecule has 15 heavy (non-hydrogen) atoms. The predicted molar refractivity (Wildman–Crippen MR) is 55.6 cm³/mol. The van der Waals surface area contributed by atoms with E-state index in [1.165, 1.54) is 7.85 Å². The number of hydrogen-bond acceptors (Lipinski definition) is 3. The van der Waals surface area contributed by atoms with E-state index in [1.54, 1.807) is 0 Å². The molecule has 5 heteroatoms. The van der Waals surface area contributed by atoms with E-state index in [9.17, 15) is 9.50 Å². The molecule has 4 atom stereocenters. The van der Waals surface area contributed by atoms with Gasteiger partial charge in [0.2, 0.25) is 0 Å². The van der Waals surface area contributed by atoms with E-state index in [1.807, 2.05) is 5.92 Å². The predicted octanol–water partition coefficient (Wildman–Crippen LogP) is -1.25. The number of rotatable bonds is 2. The molecule has 0 radical (unpaired) electrons. The Bertz CT molecular complexity index is 347. The van der Waals surface area contributed by atoms with Crippen molar-refractivity contribution in [1.82, 2.24) is 0 Å². The van der Waals surface area contributed by atoms with E-state index >= 15 is 0 Å². The van der Waals surface area contributed by atoms with Gasteiger partial charge in [-0.1, -0.05) is 12.5 Å². The van der Waals surface area contributed by atoms with Gasteiger partial charge in [-0.25, -0.2) is 4.39 Å². The molecule has 1 rings (SSSR count). The summed E-state index contributed by atoms with van der Waals surface area (Å²) in [7, 11) is 1.42. The normalized spacial score (nSPS) is 44.4. The summed E-state index contributed by atoms with van der Waals surface area (Å²) in [6, 6.07) is -0.968. The second-order valence-corrected chi connectivity index (χ2v) is 3.48. The Labute approximate surface area is 88.7 Å². The van der Waals surface area contributed by atoms with Crippen LogP contribution in [0.2, 0.25) is 0 Å². The van der Waals surface area contributed by atoms with Gasteiger partial charge in [0.15, 0.2) is 11.3 Å². The maximum Gasteiger partial charge on any atom is 0.196 e. The van der Waals surface area contributed by atoms with Crippen LogP contribution in [0.25, 0.3) is 0 Å². The van der Waals surface area contributed by atoms with Crippen LogP contribution in [0.15, 0.2) is 18.4 Å². The van der Waals surface area contributed by atoms with Crippen molar-refractivity contribution in [1.29, 1.82) is 0 Å². The molecule has 2 N–H and O–H groups in total. The van der Waals surface area contributed by atoms with Crippen LogP contribution >= 0.6 is 0 Å². The van der Waals surface area contributed by atoms with Crippen LogP contribution in [0.4, 0.5) is 4.39 Å². The van der Waals surface area contributed by atoms with Crippen molar-refractivity contribution in [2.45, 2.75) is 23.4 Å². The highest BCUT2D eigenvalue weighted by molar-refractivity contribution is 6.12. The molecule has 2 unspecified atom stereocenters. The fourth-order valence-electron chi connectivity index (χ4n) is 1.76. The molecule has 80 valence electrons. The van der Waals surface area contributed by atoms with Gasteiger partial charge in [0, 0.05) is 6.08 Å². The van der Waals surface area contributed by atoms with Crippen molar-refractivity contribution >= 4 is 7.85 Å². The number of hydrogen-bond donors (Lipinski definition) is 2. The minimum Gasteiger partial charge on any atom is -0.394 e. The lowest BCUT2D eigenvalue weighted by atomic mass is 9.74. The van der Waals surface area contributed by atoms with Crippen molar-refractivity contribution in [2.24, 2.45) is 0 Å². The van der Waals surface area contributed by atoms with E-state index in [4.69, 9.17) is 16.3 Å². The SMILES string of the molecule is B[C@@H]1O[C@H](CO)C(O)(C#C)C1(F)C=C=C. The van der Waals surface area contributed by atoms with Crippen LogP contribution in [0, 0.1) is 12.3 Å². The summed E-state index contributed by atoms with van der Waals surface area (Å²) in [6.07, 6.45) is 4.89. The summed E-state index contributed by atoms with van der Waals surface area (Å²) in [5, 5.41) is 18.9. The molecule has 0 aromatic rings. The molecule has 0 aliphatic carbocycles. The van der Waals surface area contributed by atoms with Crippen LogP contribution in [-0.2, 0) is 4.74 Å². The van der Waals surface area contributed by atoms with Gasteiger partial charge in [0.25, 0.3) is 0 Å². The molecule has 0 aromatic heterocycles. The molecule has 1 heterocycles. The Morgan fingerprint density at radius 1 is 1.73 bits per heavy atom. The van der Waals surface area contributed by atoms with Gasteiger partial charge in [0.1, 0.15) is 14.0 Å². The van der Waals surface area contributed by atoms with Gasteiger partial charge in [-0.15, -0.1) is 12.2 Å². The minimum absolute atomic E-state index is 0.554. The third-order valence-electron chi connectivity index (χ3n) is 2.71. The molecule has 1 aliphatic heterocycles. The monoisotopic (exact) mass is 210 g/mol. The molecular formula is C10H12BFO3. The lowest BCUT2D eigenvalue weighted by Crippen LogP contribution is -2.55. The molecule has 1 fully saturated rings. The van der Waals surface area contributed by atoms with E-state index in [0.29, 0.717) is 0 Å². The smallest absolute Gasteiger partial charge is 0.196 e. The Hall–Kier alpha value is -1.05. The van der Waals surface area contributed by atoms with E-state index < -0.39 is 30.0 Å². The molecule has 0 spiro atoms. The average molecular weight is 210 g/mol. The zero-order chi connectivity index (χ0) is 11.7. The molecule has 1 aliphatic rings. The summed E-state index contributed by atoms with van der Waals surface area (Å²) in [6.45, 7) is 2.68. The van der Waals surface area contributed by atoms with Crippen LogP contribution in [-0.4, -0.2) is 48.0 Å². The minimum atomic E-state index is -2.28. The summed E-state index contributed by atoms with van der Waals surface area (Å²) >= 11 is 0. The third-order valence-corrected chi connectivity index (χ3v) is 2.71. The van der Waals surface area contributed by atoms with Gasteiger partial charge < -0.3 is 14.9 Å². The van der Waals surface area contributed by atoms with Gasteiger partial charge in [-0.2, -0.15) is 0 Å². The van der Waals surface area contributed by atoms with Crippen molar-refractivity contribution in [2.75, 3.05) is 6.61 Å². The Balaban J connectivity index is 3.27. The summed E-state index contributed by atoms with van der Waals surface area (Å²) in [5.41, 5.74) is -2.22. The Morgan fingerprint density at radius 3 is 2.73 bits per heavy atom. The molecule has 0 amide bonds. The second kappa shape index (κ2) is 3.84. The highest BCUT2D eigenvalue weighted by Crippen LogP contribution is 2.42. The van der Waals surface area contributed by atoms with Crippen molar-refractivity contribution in [3.05, 3.63) is 18.4 Å². The van der Waals surface area contributed by atoms with Crippen LogP contribution < -0.4 is 0 Å². The third kappa shape index (κ3) is 1.43. The highest BCUT2D eigenvalue weighted by Gasteiger charge is 2.64. The first-order valence-corrected chi connectivity index (χ1v) is 4.48. The molecule has 3 nitrogen and oxygen atoms in total. The van der Waals surface area contributed by atoms with Crippen LogP contribution in [0.1, 0.15) is 0 Å². The molecule has 0 aromatic carbocycles. The van der Waals surface area contributed by atoms with E-state index in [2.05, 4.69) is 12.3 Å². The van der Waals surface area contributed by atoms with Gasteiger partial charge in [-0.3, -0.25) is 0 Å². The maximum atomic E-state index is 14.4. The number of aliphatic hydroxyl groups excluding tert-OH is 1. The number of halogens is 1. The number of aliphatic hydroxyl groups is 2. The first-order valence-electron chi connectivity index (χ1n) is 4.48. The summed E-state index contributed by atoms with van der Waals surface area (Å²) < 4.78 is 19.5. The van der Waals surface area contributed by atoms with E-state index in [-0.39, 0.29) is 0 Å². The van der Waals surface area contributed by atoms with Crippen LogP contribution in [0.3, 0.4) is 0 Å². The zero-order valence-electron chi connectivity index (χ0n) is 8.40. The van der Waals surface area contributed by atoms with Crippen molar-refractivity contribution in [3.8, 4) is 12.3 Å². The topological polar surface area (TPSA) is 49.7 Å². The highest BCUT2D eigenvalue weighted by atomic mass is 19.1. The molecule has 0 bridgehead atoms. The first-order chi connectivity index (χ1) is 6.96. The number of alkyl halides is 1. The largest absolute Gasteiger partial charge is 0.394 e. The fraction of sp³-hybridized carbons (Fsp3) is 0.500. The number of ether oxygens (including phenoxy) is 1. The molecular weight excluding hydrogens is 198 g/mol. The first kappa shape index (κ1) is 12.0. The van der Waals surface area contributed by atoms with Crippen molar-refractivity contribution < 1.29 is 19.3 Å². The maximum absolute atomic E-state index is 14.4. The summed E-state index contributed by atoms with van der Waals surface area (Å²) in [5.74, 6) is 1.94. The fourth-order valence-corrected chi connectivity index (χ4v) is 1.76. The average Bonchev–Trinajstić information content (AvgIpc) is 2.41. The zero-order valence-corrected chi connectivity index (χ0v) is 8.40. The molecule has 0 saturated carbocycles. The second-order valence-electron chi connectivity index (χ2n) is 3.48. The standard InChI is InChI=1S/C10H12BFO3/c1-3-5-9(12)8(11)15-7(6-13)10(9,14)4-2/h2,5,7-8,13-14H,1,6,11H2/t7-,8-,9?,10?/m1/s1. The Kier molecular flexibility index (Phi) is 3.08. The number of terminal acetylenes is 1. The molecule has 1 saturated heterocycles. The van der Waals surface area contributed by atoms with Crippen LogP contribution in [0.5, 0.6) is 0 Å². The Morgan fingerprint density at radius 2 is 2.33 bits per heavy atom. The van der Waals surface area contributed by atoms with Gasteiger partial charge >= 0.3 is 0 Å².